The van der Waals surface area contributed by atoms with E-state index in [0.29, 0.717) is 0 Å². The van der Waals surface area contributed by atoms with Crippen molar-refractivity contribution in [3.05, 3.63) is 35.1 Å². The minimum atomic E-state index is 0.855. The number of H-pyrrole nitrogens is 1. The Morgan fingerprint density at radius 2 is 2.25 bits per heavy atom. The third-order valence-electron chi connectivity index (χ3n) is 1.92. The third kappa shape index (κ3) is 3.24. The summed E-state index contributed by atoms with van der Waals surface area (Å²) < 4.78 is 1.08. The quantitative estimate of drug-likeness (QED) is 0.658. The molecule has 0 bridgehead atoms. The van der Waals surface area contributed by atoms with Crippen molar-refractivity contribution in [1.29, 1.82) is 0 Å². The van der Waals surface area contributed by atoms with E-state index in [4.69, 9.17) is 0 Å². The molecule has 0 aliphatic heterocycles. The van der Waals surface area contributed by atoms with Crippen LogP contribution in [0.5, 0.6) is 0 Å². The number of para-hydroxylation sites is 1. The van der Waals surface area contributed by atoms with Crippen molar-refractivity contribution in [1.82, 2.24) is 15.2 Å². The number of nitrogens with one attached hydrogen (secondary N) is 2. The van der Waals surface area contributed by atoms with Crippen LogP contribution in [0.25, 0.3) is 0 Å². The lowest BCUT2D eigenvalue weighted by molar-refractivity contribution is 0.972. The summed E-state index contributed by atoms with van der Waals surface area (Å²) in [4.78, 5) is 4.04. The Bertz CT molecular complexity index is 432. The molecule has 0 saturated carbocycles. The molecule has 1 aromatic carbocycles. The topological polar surface area (TPSA) is 53.6 Å². The lowest BCUT2D eigenvalue weighted by Crippen LogP contribution is -2.04. The zero-order valence-electron chi connectivity index (χ0n) is 8.48. The largest absolute Gasteiger partial charge is 0.383 e. The van der Waals surface area contributed by atoms with E-state index in [2.05, 4.69) is 36.4 Å². The van der Waals surface area contributed by atoms with E-state index < -0.39 is 0 Å². The Kier molecular flexibility index (Phi) is 4.24. The molecule has 2 aromatic rings. The van der Waals surface area contributed by atoms with Crippen LogP contribution in [0.3, 0.4) is 0 Å². The maximum atomic E-state index is 4.04. The van der Waals surface area contributed by atoms with Crippen molar-refractivity contribution in [3.63, 3.8) is 0 Å². The summed E-state index contributed by atoms with van der Waals surface area (Å²) in [6, 6.07) is 8.07. The molecule has 0 atom stereocenters. The van der Waals surface area contributed by atoms with E-state index in [9.17, 15) is 0 Å². The van der Waals surface area contributed by atoms with E-state index in [1.807, 2.05) is 24.3 Å². The highest BCUT2D eigenvalue weighted by Gasteiger charge is 1.98. The molecule has 2 rings (SSSR count). The lowest BCUT2D eigenvalue weighted by atomic mass is 10.3. The van der Waals surface area contributed by atoms with Gasteiger partial charge in [0.25, 0.3) is 0 Å². The van der Waals surface area contributed by atoms with Gasteiger partial charge >= 0.3 is 0 Å². The van der Waals surface area contributed by atoms with Gasteiger partial charge in [0.05, 0.1) is 0 Å². The van der Waals surface area contributed by atoms with Crippen molar-refractivity contribution in [2.45, 2.75) is 5.16 Å². The van der Waals surface area contributed by atoms with Gasteiger partial charge in [0, 0.05) is 22.5 Å². The van der Waals surface area contributed by atoms with Crippen molar-refractivity contribution in [2.75, 3.05) is 17.6 Å². The monoisotopic (exact) mass is 298 g/mol. The summed E-state index contributed by atoms with van der Waals surface area (Å²) in [5, 5.41) is 10.8. The highest BCUT2D eigenvalue weighted by atomic mass is 79.9. The van der Waals surface area contributed by atoms with Crippen molar-refractivity contribution < 1.29 is 0 Å². The van der Waals surface area contributed by atoms with Crippen LogP contribution in [0.4, 0.5) is 5.69 Å². The Hall–Kier alpha value is -1.01. The molecule has 0 fully saturated rings. The van der Waals surface area contributed by atoms with Gasteiger partial charge in [0.2, 0.25) is 0 Å². The molecule has 0 unspecified atom stereocenters. The Morgan fingerprint density at radius 1 is 1.38 bits per heavy atom. The smallest absolute Gasteiger partial charge is 0.183 e. The van der Waals surface area contributed by atoms with E-state index in [0.717, 1.165) is 27.6 Å². The van der Waals surface area contributed by atoms with Crippen LogP contribution >= 0.6 is 27.7 Å². The van der Waals surface area contributed by atoms with Crippen LogP contribution in [0, 0.1) is 0 Å². The summed E-state index contributed by atoms with van der Waals surface area (Å²) >= 11 is 5.13. The maximum Gasteiger partial charge on any atom is 0.183 e. The first-order valence-corrected chi connectivity index (χ1v) is 6.60. The number of halogens is 1. The molecule has 0 amide bonds. The first-order valence-electron chi connectivity index (χ1n) is 4.83. The lowest BCUT2D eigenvalue weighted by Gasteiger charge is -2.06. The number of benzene rings is 1. The van der Waals surface area contributed by atoms with Gasteiger partial charge in [-0.15, -0.1) is 0 Å². The summed E-state index contributed by atoms with van der Waals surface area (Å²) in [6.07, 6.45) is 1.52. The molecule has 1 aromatic heterocycles. The number of thioether (sulfide) groups is 1. The summed E-state index contributed by atoms with van der Waals surface area (Å²) in [7, 11) is 0. The molecular weight excluding hydrogens is 288 g/mol. The van der Waals surface area contributed by atoms with Gasteiger partial charge < -0.3 is 5.32 Å². The molecular formula is C10H11BrN4S. The predicted molar refractivity (Wildman–Crippen MR) is 69.7 cm³/mol. The molecule has 16 heavy (non-hydrogen) atoms. The normalized spacial score (nSPS) is 10.3. The van der Waals surface area contributed by atoms with Gasteiger partial charge in [-0.2, -0.15) is 5.10 Å². The number of aromatic nitrogens is 3. The van der Waals surface area contributed by atoms with Crippen molar-refractivity contribution in [3.8, 4) is 0 Å². The minimum Gasteiger partial charge on any atom is -0.383 e. The van der Waals surface area contributed by atoms with Gasteiger partial charge in [-0.1, -0.05) is 23.9 Å². The number of anilines is 1. The Balaban J connectivity index is 1.74. The number of nitrogens with zero attached hydrogens (tertiary/aromatic N) is 2. The van der Waals surface area contributed by atoms with Crippen LogP contribution in [0.2, 0.25) is 0 Å². The zero-order valence-corrected chi connectivity index (χ0v) is 10.9. The first kappa shape index (κ1) is 11.5. The Labute approximate surface area is 106 Å². The molecule has 1 heterocycles. The average Bonchev–Trinajstić information content (AvgIpc) is 2.79. The minimum absolute atomic E-state index is 0.855. The zero-order chi connectivity index (χ0) is 11.2. The van der Waals surface area contributed by atoms with Gasteiger partial charge in [-0.3, -0.25) is 5.10 Å². The molecule has 2 N–H and O–H groups in total. The van der Waals surface area contributed by atoms with Crippen molar-refractivity contribution in [2.24, 2.45) is 0 Å². The van der Waals surface area contributed by atoms with Gasteiger partial charge in [0.1, 0.15) is 6.33 Å². The first-order chi connectivity index (χ1) is 7.86. The fourth-order valence-electron chi connectivity index (χ4n) is 1.20. The standard InChI is InChI=1S/C10H11BrN4S/c11-8-3-1-2-4-9(8)12-5-6-16-10-13-7-14-15-10/h1-4,7,12H,5-6H2,(H,13,14,15). The second-order valence-electron chi connectivity index (χ2n) is 3.05. The van der Waals surface area contributed by atoms with Crippen molar-refractivity contribution >= 4 is 33.4 Å². The molecule has 6 heteroatoms. The molecule has 0 spiro atoms. The Morgan fingerprint density at radius 3 is 3.00 bits per heavy atom. The fourth-order valence-corrected chi connectivity index (χ4v) is 2.26. The summed E-state index contributed by atoms with van der Waals surface area (Å²) in [5.41, 5.74) is 1.11. The summed E-state index contributed by atoms with van der Waals surface area (Å²) in [6.45, 7) is 0.883. The predicted octanol–water partition coefficient (Wildman–Crippen LogP) is 2.77. The molecule has 0 saturated heterocycles. The number of aromatic amines is 1. The molecule has 0 aliphatic rings. The second-order valence-corrected chi connectivity index (χ2v) is 4.98. The number of hydrogen-bond donors (Lipinski definition) is 2. The molecule has 0 aliphatic carbocycles. The van der Waals surface area contributed by atoms with Crippen LogP contribution in [0.15, 0.2) is 40.2 Å². The summed E-state index contributed by atoms with van der Waals surface area (Å²) in [5.74, 6) is 0.941. The van der Waals surface area contributed by atoms with Crippen LogP contribution in [-0.2, 0) is 0 Å². The van der Waals surface area contributed by atoms with E-state index in [-0.39, 0.29) is 0 Å². The fraction of sp³-hybridized carbons (Fsp3) is 0.200. The second kappa shape index (κ2) is 5.91. The number of hydrogen-bond acceptors (Lipinski definition) is 4. The van der Waals surface area contributed by atoms with Gasteiger partial charge in [-0.25, -0.2) is 4.98 Å². The highest BCUT2D eigenvalue weighted by molar-refractivity contribution is 9.10. The van der Waals surface area contributed by atoms with E-state index in [1.165, 1.54) is 6.33 Å². The average molecular weight is 299 g/mol. The van der Waals surface area contributed by atoms with Crippen LogP contribution < -0.4 is 5.32 Å². The highest BCUT2D eigenvalue weighted by Crippen LogP contribution is 2.21. The van der Waals surface area contributed by atoms with E-state index >= 15 is 0 Å². The van der Waals surface area contributed by atoms with E-state index in [1.54, 1.807) is 11.8 Å². The van der Waals surface area contributed by atoms with Crippen LogP contribution in [-0.4, -0.2) is 27.5 Å². The van der Waals surface area contributed by atoms with Gasteiger partial charge in [-0.05, 0) is 28.1 Å². The maximum absolute atomic E-state index is 4.04. The third-order valence-corrected chi connectivity index (χ3v) is 3.49. The molecule has 84 valence electrons. The SMILES string of the molecule is Brc1ccccc1NCCSc1ncn[nH]1. The number of rotatable bonds is 5. The van der Waals surface area contributed by atoms with Gasteiger partial charge in [0.15, 0.2) is 5.16 Å². The van der Waals surface area contributed by atoms with Crippen LogP contribution in [0.1, 0.15) is 0 Å². The molecule has 4 nitrogen and oxygen atoms in total. The molecule has 0 radical (unpaired) electrons.